The summed E-state index contributed by atoms with van der Waals surface area (Å²) in [7, 11) is 5.22. The number of nitrogens with one attached hydrogen (secondary N) is 1. The highest BCUT2D eigenvalue weighted by atomic mass is 16.5. The van der Waals surface area contributed by atoms with Gasteiger partial charge in [0.05, 0.1) is 19.9 Å². The maximum absolute atomic E-state index is 13.5. The van der Waals surface area contributed by atoms with Gasteiger partial charge in [-0.25, -0.2) is 0 Å². The van der Waals surface area contributed by atoms with Crippen molar-refractivity contribution in [1.82, 2.24) is 4.90 Å². The number of carbonyl (C=O) groups excluding carboxylic acids is 1. The van der Waals surface area contributed by atoms with E-state index in [0.717, 1.165) is 28.0 Å². The summed E-state index contributed by atoms with van der Waals surface area (Å²) in [5, 5.41) is 3.07. The summed E-state index contributed by atoms with van der Waals surface area (Å²) in [4.78, 5) is 15.5. The summed E-state index contributed by atoms with van der Waals surface area (Å²) in [6, 6.07) is 21.1. The van der Waals surface area contributed by atoms with E-state index in [2.05, 4.69) is 11.4 Å². The molecule has 0 bridgehead atoms. The monoisotopic (exact) mass is 418 g/mol. The van der Waals surface area contributed by atoms with Gasteiger partial charge in [0.25, 0.3) is 0 Å². The minimum Gasteiger partial charge on any atom is -0.496 e. The number of rotatable bonds is 8. The molecule has 5 nitrogen and oxygen atoms in total. The van der Waals surface area contributed by atoms with E-state index >= 15 is 0 Å². The number of amides is 1. The molecule has 1 N–H and O–H groups in total. The van der Waals surface area contributed by atoms with Gasteiger partial charge in [-0.3, -0.25) is 9.69 Å². The van der Waals surface area contributed by atoms with Gasteiger partial charge in [0, 0.05) is 12.1 Å². The summed E-state index contributed by atoms with van der Waals surface area (Å²) in [6.45, 7) is 4.59. The number of ether oxygens (including phenoxy) is 2. The average molecular weight is 419 g/mol. The zero-order chi connectivity index (χ0) is 22.4. The third kappa shape index (κ3) is 5.44. The second-order valence-corrected chi connectivity index (χ2v) is 7.74. The molecular formula is C26H30N2O3. The molecule has 0 heterocycles. The molecule has 0 unspecified atom stereocenters. The van der Waals surface area contributed by atoms with Gasteiger partial charge in [0.2, 0.25) is 5.91 Å². The first-order chi connectivity index (χ1) is 14.9. The van der Waals surface area contributed by atoms with E-state index < -0.39 is 6.04 Å². The SMILES string of the molecule is COc1ccc(C)cc1CN(C)[C@@H](C(=O)Nc1cc(C)ccc1OC)c1ccccc1. The van der Waals surface area contributed by atoms with Crippen LogP contribution in [0.15, 0.2) is 66.7 Å². The standard InChI is InChI=1S/C26H30N2O3/c1-18-11-13-23(30-4)21(15-18)17-28(3)25(20-9-7-6-8-10-20)26(29)27-22-16-19(2)12-14-24(22)31-5/h6-16,25H,17H2,1-5H3,(H,27,29)/t25-/m1/s1. The van der Waals surface area contributed by atoms with Gasteiger partial charge in [-0.05, 0) is 50.2 Å². The van der Waals surface area contributed by atoms with E-state index in [4.69, 9.17) is 9.47 Å². The maximum Gasteiger partial charge on any atom is 0.246 e. The second-order valence-electron chi connectivity index (χ2n) is 7.74. The first-order valence-electron chi connectivity index (χ1n) is 10.3. The minimum atomic E-state index is -0.489. The van der Waals surface area contributed by atoms with Crippen molar-refractivity contribution in [3.63, 3.8) is 0 Å². The Hall–Kier alpha value is -3.31. The topological polar surface area (TPSA) is 50.8 Å². The van der Waals surface area contributed by atoms with Crippen molar-refractivity contribution in [3.05, 3.63) is 89.0 Å². The molecule has 1 atom stereocenters. The molecule has 0 aliphatic carbocycles. The summed E-state index contributed by atoms with van der Waals surface area (Å²) in [5.41, 5.74) is 4.81. The van der Waals surface area contributed by atoms with E-state index in [9.17, 15) is 4.79 Å². The van der Waals surface area contributed by atoms with Crippen molar-refractivity contribution in [2.75, 3.05) is 26.6 Å². The van der Waals surface area contributed by atoms with Crippen molar-refractivity contribution >= 4 is 11.6 Å². The molecule has 3 aromatic rings. The smallest absolute Gasteiger partial charge is 0.246 e. The lowest BCUT2D eigenvalue weighted by Crippen LogP contribution is -2.34. The van der Waals surface area contributed by atoms with Crippen LogP contribution in [0.5, 0.6) is 11.5 Å². The third-order valence-corrected chi connectivity index (χ3v) is 5.27. The van der Waals surface area contributed by atoms with E-state index in [0.29, 0.717) is 18.0 Å². The highest BCUT2D eigenvalue weighted by Gasteiger charge is 2.27. The first-order valence-corrected chi connectivity index (χ1v) is 10.3. The number of aryl methyl sites for hydroxylation is 2. The number of hydrogen-bond acceptors (Lipinski definition) is 4. The summed E-state index contributed by atoms with van der Waals surface area (Å²) >= 11 is 0. The van der Waals surface area contributed by atoms with Crippen molar-refractivity contribution in [2.45, 2.75) is 26.4 Å². The Morgan fingerprint density at radius 1 is 0.903 bits per heavy atom. The molecule has 0 fully saturated rings. The van der Waals surface area contributed by atoms with Crippen LogP contribution in [0.1, 0.15) is 28.3 Å². The molecule has 0 saturated heterocycles. The van der Waals surface area contributed by atoms with Crippen LogP contribution in [0.4, 0.5) is 5.69 Å². The number of nitrogens with zero attached hydrogens (tertiary/aromatic N) is 1. The van der Waals surface area contributed by atoms with Crippen LogP contribution in [-0.2, 0) is 11.3 Å². The molecule has 3 rings (SSSR count). The number of carbonyl (C=O) groups is 1. The zero-order valence-corrected chi connectivity index (χ0v) is 18.8. The summed E-state index contributed by atoms with van der Waals surface area (Å²) in [6.07, 6.45) is 0. The van der Waals surface area contributed by atoms with Gasteiger partial charge in [0.15, 0.2) is 0 Å². The van der Waals surface area contributed by atoms with Crippen LogP contribution in [0.3, 0.4) is 0 Å². The molecule has 0 aliphatic heterocycles. The van der Waals surface area contributed by atoms with Crippen LogP contribution in [0.25, 0.3) is 0 Å². The maximum atomic E-state index is 13.5. The Morgan fingerprint density at radius 2 is 1.52 bits per heavy atom. The molecule has 0 saturated carbocycles. The number of methoxy groups -OCH3 is 2. The molecule has 0 radical (unpaired) electrons. The van der Waals surface area contributed by atoms with Crippen molar-refractivity contribution < 1.29 is 14.3 Å². The molecule has 5 heteroatoms. The fourth-order valence-electron chi connectivity index (χ4n) is 3.75. The highest BCUT2D eigenvalue weighted by Crippen LogP contribution is 2.30. The van der Waals surface area contributed by atoms with Crippen LogP contribution in [0.2, 0.25) is 0 Å². The Morgan fingerprint density at radius 3 is 2.16 bits per heavy atom. The molecule has 0 aliphatic rings. The fourth-order valence-corrected chi connectivity index (χ4v) is 3.75. The number of benzene rings is 3. The third-order valence-electron chi connectivity index (χ3n) is 5.27. The van der Waals surface area contributed by atoms with Crippen LogP contribution in [0, 0.1) is 13.8 Å². The predicted octanol–water partition coefficient (Wildman–Crippen LogP) is 5.13. The first kappa shape index (κ1) is 22.4. The van der Waals surface area contributed by atoms with Crippen LogP contribution < -0.4 is 14.8 Å². The largest absolute Gasteiger partial charge is 0.496 e. The van der Waals surface area contributed by atoms with Crippen LogP contribution >= 0.6 is 0 Å². The van der Waals surface area contributed by atoms with Crippen LogP contribution in [-0.4, -0.2) is 32.1 Å². The molecule has 0 aromatic heterocycles. The Labute approximate surface area is 184 Å². The van der Waals surface area contributed by atoms with Crippen molar-refractivity contribution in [3.8, 4) is 11.5 Å². The summed E-state index contributed by atoms with van der Waals surface area (Å²) < 4.78 is 11.0. The highest BCUT2D eigenvalue weighted by molar-refractivity contribution is 5.96. The van der Waals surface area contributed by atoms with Gasteiger partial charge in [-0.2, -0.15) is 0 Å². The molecule has 1 amide bonds. The summed E-state index contributed by atoms with van der Waals surface area (Å²) in [5.74, 6) is 1.32. The van der Waals surface area contributed by atoms with E-state index in [-0.39, 0.29) is 5.91 Å². The number of hydrogen-bond donors (Lipinski definition) is 1. The van der Waals surface area contributed by atoms with Gasteiger partial charge in [-0.15, -0.1) is 0 Å². The van der Waals surface area contributed by atoms with E-state index in [1.807, 2.05) is 86.5 Å². The number of likely N-dealkylation sites (N-methyl/N-ethyl adjacent to an activating group) is 1. The quantitative estimate of drug-likeness (QED) is 0.551. The molecule has 162 valence electrons. The Balaban J connectivity index is 1.93. The molecule has 31 heavy (non-hydrogen) atoms. The van der Waals surface area contributed by atoms with Crippen molar-refractivity contribution in [1.29, 1.82) is 0 Å². The predicted molar refractivity (Wildman–Crippen MR) is 125 cm³/mol. The molecule has 3 aromatic carbocycles. The lowest BCUT2D eigenvalue weighted by Gasteiger charge is -2.28. The van der Waals surface area contributed by atoms with Gasteiger partial charge >= 0.3 is 0 Å². The van der Waals surface area contributed by atoms with E-state index in [1.165, 1.54) is 0 Å². The Kier molecular flexibility index (Phi) is 7.32. The Bertz CT molecular complexity index is 1030. The number of anilines is 1. The van der Waals surface area contributed by atoms with Gasteiger partial charge in [-0.1, -0.05) is 54.1 Å². The van der Waals surface area contributed by atoms with Gasteiger partial charge in [0.1, 0.15) is 17.5 Å². The van der Waals surface area contributed by atoms with E-state index in [1.54, 1.807) is 14.2 Å². The lowest BCUT2D eigenvalue weighted by molar-refractivity contribution is -0.121. The minimum absolute atomic E-state index is 0.121. The molecular weight excluding hydrogens is 388 g/mol. The zero-order valence-electron chi connectivity index (χ0n) is 18.8. The fraction of sp³-hybridized carbons (Fsp3) is 0.269. The normalized spacial score (nSPS) is 11.8. The lowest BCUT2D eigenvalue weighted by atomic mass is 10.0. The second kappa shape index (κ2) is 10.1. The van der Waals surface area contributed by atoms with Gasteiger partial charge < -0.3 is 14.8 Å². The molecule has 0 spiro atoms. The van der Waals surface area contributed by atoms with Crippen molar-refractivity contribution in [2.24, 2.45) is 0 Å². The average Bonchev–Trinajstić information content (AvgIpc) is 2.75.